The van der Waals surface area contributed by atoms with Gasteiger partial charge in [-0.15, -0.1) is 0 Å². The fourth-order valence-corrected chi connectivity index (χ4v) is 0.886. The largest absolute Gasteiger partial charge is 0.298 e. The van der Waals surface area contributed by atoms with Crippen LogP contribution in [0.15, 0.2) is 24.3 Å². The third-order valence-corrected chi connectivity index (χ3v) is 1.52. The molecule has 0 N–H and O–H groups in total. The van der Waals surface area contributed by atoms with Gasteiger partial charge in [0.05, 0.1) is 0 Å². The van der Waals surface area contributed by atoms with E-state index in [0.29, 0.717) is 5.56 Å². The van der Waals surface area contributed by atoms with Crippen molar-refractivity contribution in [3.63, 3.8) is 0 Å². The second kappa shape index (κ2) is 3.33. The van der Waals surface area contributed by atoms with Crippen LogP contribution < -0.4 is 0 Å². The van der Waals surface area contributed by atoms with Gasteiger partial charge in [-0.3, -0.25) is 4.79 Å². The zero-order chi connectivity index (χ0) is 8.27. The summed E-state index contributed by atoms with van der Waals surface area (Å²) < 4.78 is 0. The van der Waals surface area contributed by atoms with Gasteiger partial charge < -0.3 is 0 Å². The molecule has 0 atom stereocenters. The van der Waals surface area contributed by atoms with Crippen molar-refractivity contribution in [2.24, 2.45) is 0 Å². The molecule has 0 heterocycles. The predicted molar refractivity (Wildman–Crippen MR) is 45.3 cm³/mol. The van der Waals surface area contributed by atoms with Gasteiger partial charge in [-0.2, -0.15) is 0 Å². The Morgan fingerprint density at radius 3 is 2.64 bits per heavy atom. The van der Waals surface area contributed by atoms with Crippen molar-refractivity contribution in [3.05, 3.63) is 49.2 Å². The van der Waals surface area contributed by atoms with Gasteiger partial charge >= 0.3 is 0 Å². The van der Waals surface area contributed by atoms with E-state index in [1.165, 1.54) is 0 Å². The third-order valence-electron chi connectivity index (χ3n) is 1.52. The third kappa shape index (κ3) is 1.90. The topological polar surface area (TPSA) is 17.1 Å². The summed E-state index contributed by atoms with van der Waals surface area (Å²) in [5.41, 5.74) is 1.68. The number of hydrogen-bond acceptors (Lipinski definition) is 1. The lowest BCUT2D eigenvalue weighted by Crippen LogP contribution is -1.89. The van der Waals surface area contributed by atoms with Crippen LogP contribution in [0.1, 0.15) is 21.8 Å². The summed E-state index contributed by atoms with van der Waals surface area (Å²) >= 11 is 0. The molecular formula is C10H10O. The first-order valence-corrected chi connectivity index (χ1v) is 3.45. The Bertz CT molecular complexity index is 251. The van der Waals surface area contributed by atoms with E-state index in [4.69, 9.17) is 0 Å². The van der Waals surface area contributed by atoms with Gasteiger partial charge in [0.1, 0.15) is 6.29 Å². The zero-order valence-corrected chi connectivity index (χ0v) is 6.29. The van der Waals surface area contributed by atoms with Crippen molar-refractivity contribution in [1.29, 1.82) is 0 Å². The lowest BCUT2D eigenvalue weighted by atomic mass is 10.0. The first kappa shape index (κ1) is 7.99. The maximum atomic E-state index is 10.3. The Kier molecular flexibility index (Phi) is 2.42. The lowest BCUT2D eigenvalue weighted by molar-refractivity contribution is 0.112. The van der Waals surface area contributed by atoms with Crippen molar-refractivity contribution in [2.75, 3.05) is 0 Å². The molecule has 0 amide bonds. The van der Waals surface area contributed by atoms with Gasteiger partial charge in [0.25, 0.3) is 0 Å². The molecule has 0 aromatic heterocycles. The van der Waals surface area contributed by atoms with E-state index in [0.717, 1.165) is 11.8 Å². The van der Waals surface area contributed by atoms with Crippen molar-refractivity contribution >= 4 is 6.29 Å². The predicted octanol–water partition coefficient (Wildman–Crippen LogP) is 2.25. The number of carbonyl (C=O) groups excluding carboxylic acids is 1. The highest BCUT2D eigenvalue weighted by molar-refractivity contribution is 5.75. The smallest absolute Gasteiger partial charge is 0.150 e. The molecule has 0 aliphatic carbocycles. The highest BCUT2D eigenvalue weighted by Crippen LogP contribution is 2.13. The molecule has 0 bridgehead atoms. The Morgan fingerprint density at radius 2 is 2.09 bits per heavy atom. The molecule has 0 aliphatic heterocycles. The SMILES string of the molecule is [CH2]C([CH2])c1cccc(C=O)c1. The molecule has 0 spiro atoms. The molecule has 2 radical (unpaired) electrons. The zero-order valence-electron chi connectivity index (χ0n) is 6.29. The number of aldehydes is 1. The Labute approximate surface area is 67.1 Å². The van der Waals surface area contributed by atoms with E-state index in [9.17, 15) is 4.79 Å². The van der Waals surface area contributed by atoms with Gasteiger partial charge in [-0.25, -0.2) is 0 Å². The minimum atomic E-state index is -0.00472. The molecule has 0 saturated carbocycles. The first-order chi connectivity index (χ1) is 5.24. The van der Waals surface area contributed by atoms with Crippen LogP contribution >= 0.6 is 0 Å². The van der Waals surface area contributed by atoms with E-state index < -0.39 is 0 Å². The summed E-state index contributed by atoms with van der Waals surface area (Å²) in [6.07, 6.45) is 0.825. The van der Waals surface area contributed by atoms with Crippen molar-refractivity contribution in [3.8, 4) is 0 Å². The first-order valence-electron chi connectivity index (χ1n) is 3.45. The molecule has 0 aliphatic rings. The maximum absolute atomic E-state index is 10.3. The normalized spacial score (nSPS) is 10.1. The summed E-state index contributed by atoms with van der Waals surface area (Å²) in [5, 5.41) is 0. The van der Waals surface area contributed by atoms with E-state index in [-0.39, 0.29) is 5.92 Å². The summed E-state index contributed by atoms with van der Waals surface area (Å²) in [6, 6.07) is 7.32. The second-order valence-electron chi connectivity index (χ2n) is 2.48. The van der Waals surface area contributed by atoms with E-state index in [2.05, 4.69) is 13.8 Å². The summed E-state index contributed by atoms with van der Waals surface area (Å²) in [4.78, 5) is 10.3. The van der Waals surface area contributed by atoms with Crippen molar-refractivity contribution in [2.45, 2.75) is 5.92 Å². The van der Waals surface area contributed by atoms with Crippen LogP contribution in [0.25, 0.3) is 0 Å². The fourth-order valence-electron chi connectivity index (χ4n) is 0.886. The molecule has 1 aromatic rings. The number of benzene rings is 1. The minimum absolute atomic E-state index is 0.00472. The van der Waals surface area contributed by atoms with Crippen LogP contribution in [0.2, 0.25) is 0 Å². The number of carbonyl (C=O) groups is 1. The molecule has 1 aromatic carbocycles. The Balaban J connectivity index is 3.00. The Morgan fingerprint density at radius 1 is 1.36 bits per heavy atom. The summed E-state index contributed by atoms with van der Waals surface area (Å²) in [6.45, 7) is 7.51. The monoisotopic (exact) mass is 146 g/mol. The van der Waals surface area contributed by atoms with E-state index in [1.54, 1.807) is 12.1 Å². The van der Waals surface area contributed by atoms with Gasteiger partial charge in [-0.05, 0) is 31.4 Å². The van der Waals surface area contributed by atoms with E-state index >= 15 is 0 Å². The van der Waals surface area contributed by atoms with Crippen LogP contribution in [-0.4, -0.2) is 6.29 Å². The van der Waals surface area contributed by atoms with Crippen molar-refractivity contribution in [1.82, 2.24) is 0 Å². The molecule has 0 unspecified atom stereocenters. The molecule has 0 saturated heterocycles. The molecule has 11 heavy (non-hydrogen) atoms. The summed E-state index contributed by atoms with van der Waals surface area (Å²) in [7, 11) is 0. The molecule has 1 rings (SSSR count). The van der Waals surface area contributed by atoms with Crippen molar-refractivity contribution < 1.29 is 4.79 Å². The molecular weight excluding hydrogens is 136 g/mol. The molecule has 1 heteroatoms. The van der Waals surface area contributed by atoms with Crippen LogP contribution in [0.3, 0.4) is 0 Å². The average molecular weight is 146 g/mol. The van der Waals surface area contributed by atoms with Gasteiger partial charge in [0.15, 0.2) is 0 Å². The molecule has 56 valence electrons. The average Bonchev–Trinajstić information content (AvgIpc) is 2.05. The minimum Gasteiger partial charge on any atom is -0.298 e. The number of rotatable bonds is 2. The van der Waals surface area contributed by atoms with Gasteiger partial charge in [-0.1, -0.05) is 18.2 Å². The summed E-state index contributed by atoms with van der Waals surface area (Å²) in [5.74, 6) is -0.00472. The lowest BCUT2D eigenvalue weighted by Gasteiger charge is -2.03. The highest BCUT2D eigenvalue weighted by atomic mass is 16.1. The molecule has 1 nitrogen and oxygen atoms in total. The standard InChI is InChI=1S/C10H10O/c1-8(2)10-5-3-4-9(6-10)7-11/h3-8H,1-2H2. The van der Waals surface area contributed by atoms with Gasteiger partial charge in [0, 0.05) is 5.56 Å². The quantitative estimate of drug-likeness (QED) is 0.585. The van der Waals surface area contributed by atoms with Crippen LogP contribution in [0.5, 0.6) is 0 Å². The maximum Gasteiger partial charge on any atom is 0.150 e. The number of hydrogen-bond donors (Lipinski definition) is 0. The second-order valence-corrected chi connectivity index (χ2v) is 2.48. The van der Waals surface area contributed by atoms with E-state index in [1.807, 2.05) is 12.1 Å². The Hall–Kier alpha value is -1.11. The van der Waals surface area contributed by atoms with Gasteiger partial charge in [0.2, 0.25) is 0 Å². The fraction of sp³-hybridized carbons (Fsp3) is 0.100. The van der Waals surface area contributed by atoms with Crippen LogP contribution in [0.4, 0.5) is 0 Å². The van der Waals surface area contributed by atoms with Crippen LogP contribution in [-0.2, 0) is 0 Å². The molecule has 0 fully saturated rings. The van der Waals surface area contributed by atoms with Crippen LogP contribution in [0, 0.1) is 13.8 Å². The highest BCUT2D eigenvalue weighted by Gasteiger charge is 1.98.